The molecule has 0 bridgehead atoms. The van der Waals surface area contributed by atoms with Gasteiger partial charge in [0.15, 0.2) is 9.84 Å². The molecule has 0 spiro atoms. The minimum atomic E-state index is -3.21. The molecular formula is C15H21N3O2S. The summed E-state index contributed by atoms with van der Waals surface area (Å²) in [4.78, 5) is 4.92. The Labute approximate surface area is 125 Å². The number of aromatic nitrogens is 2. The highest BCUT2D eigenvalue weighted by molar-refractivity contribution is 7.90. The van der Waals surface area contributed by atoms with Crippen molar-refractivity contribution in [3.05, 3.63) is 24.0 Å². The maximum Gasteiger partial charge on any atom is 0.175 e. The van der Waals surface area contributed by atoms with Gasteiger partial charge in [0.2, 0.25) is 0 Å². The van der Waals surface area contributed by atoms with Gasteiger partial charge in [0.25, 0.3) is 0 Å². The van der Waals surface area contributed by atoms with Crippen molar-refractivity contribution in [2.75, 3.05) is 6.26 Å². The molecule has 1 heterocycles. The van der Waals surface area contributed by atoms with E-state index in [4.69, 9.17) is 5.73 Å². The molecule has 0 radical (unpaired) electrons. The number of hydrogen-bond donors (Lipinski definition) is 1. The zero-order valence-electron chi connectivity index (χ0n) is 12.5. The summed E-state index contributed by atoms with van der Waals surface area (Å²) in [6.45, 7) is 0. The zero-order chi connectivity index (χ0) is 15.3. The van der Waals surface area contributed by atoms with Crippen molar-refractivity contribution in [3.8, 4) is 0 Å². The molecule has 1 aromatic carbocycles. The summed E-state index contributed by atoms with van der Waals surface area (Å²) in [5, 5.41) is 0. The lowest BCUT2D eigenvalue weighted by Crippen LogP contribution is -2.39. The van der Waals surface area contributed by atoms with E-state index in [2.05, 4.69) is 4.98 Å². The van der Waals surface area contributed by atoms with Gasteiger partial charge in [-0.2, -0.15) is 0 Å². The number of nitrogens with zero attached hydrogens (tertiary/aromatic N) is 2. The fourth-order valence-electron chi connectivity index (χ4n) is 3.19. The van der Waals surface area contributed by atoms with E-state index >= 15 is 0 Å². The summed E-state index contributed by atoms with van der Waals surface area (Å²) in [5.41, 5.74) is 7.94. The molecule has 1 aliphatic carbocycles. The van der Waals surface area contributed by atoms with Crippen LogP contribution in [0.15, 0.2) is 23.1 Å². The zero-order valence-corrected chi connectivity index (χ0v) is 13.3. The van der Waals surface area contributed by atoms with Crippen LogP contribution in [0.5, 0.6) is 0 Å². The summed E-state index contributed by atoms with van der Waals surface area (Å²) >= 11 is 0. The van der Waals surface area contributed by atoms with E-state index in [1.54, 1.807) is 12.1 Å². The summed E-state index contributed by atoms with van der Waals surface area (Å²) in [5.74, 6) is 0.931. The third-order valence-electron chi connectivity index (χ3n) is 4.48. The first-order chi connectivity index (χ1) is 9.78. The number of nitrogens with two attached hydrogens (primary N) is 1. The average Bonchev–Trinajstić information content (AvgIpc) is 2.94. The second kappa shape index (κ2) is 4.81. The van der Waals surface area contributed by atoms with Gasteiger partial charge in [-0.25, -0.2) is 13.4 Å². The van der Waals surface area contributed by atoms with Crippen LogP contribution in [0.25, 0.3) is 11.0 Å². The average molecular weight is 307 g/mol. The smallest absolute Gasteiger partial charge is 0.175 e. The molecule has 0 atom stereocenters. The maximum absolute atomic E-state index is 11.6. The lowest BCUT2D eigenvalue weighted by molar-refractivity contribution is 0.422. The Morgan fingerprint density at radius 3 is 2.62 bits per heavy atom. The van der Waals surface area contributed by atoms with Crippen molar-refractivity contribution in [1.82, 2.24) is 9.55 Å². The molecule has 1 saturated carbocycles. The lowest BCUT2D eigenvalue weighted by Gasteiger charge is -2.22. The number of benzene rings is 1. The molecule has 2 aromatic rings. The third-order valence-corrected chi connectivity index (χ3v) is 5.59. The molecule has 2 N–H and O–H groups in total. The Bertz CT molecular complexity index is 787. The molecule has 21 heavy (non-hydrogen) atoms. The first kappa shape index (κ1) is 14.5. The van der Waals surface area contributed by atoms with E-state index in [1.165, 1.54) is 19.1 Å². The van der Waals surface area contributed by atoms with Gasteiger partial charge < -0.3 is 10.3 Å². The van der Waals surface area contributed by atoms with E-state index in [0.717, 1.165) is 36.1 Å². The molecule has 0 aliphatic heterocycles. The highest BCUT2D eigenvalue weighted by atomic mass is 32.2. The minimum absolute atomic E-state index is 0.158. The summed E-state index contributed by atoms with van der Waals surface area (Å²) in [6.07, 6.45) is 6.38. The van der Waals surface area contributed by atoms with Crippen LogP contribution in [-0.4, -0.2) is 29.8 Å². The van der Waals surface area contributed by atoms with Crippen LogP contribution in [0, 0.1) is 0 Å². The van der Waals surface area contributed by atoms with E-state index in [0.29, 0.717) is 4.90 Å². The van der Waals surface area contributed by atoms with Gasteiger partial charge in [-0.15, -0.1) is 0 Å². The molecule has 1 aliphatic rings. The third kappa shape index (κ3) is 2.70. The van der Waals surface area contributed by atoms with Crippen LogP contribution >= 0.6 is 0 Å². The lowest BCUT2D eigenvalue weighted by atomic mass is 9.94. The van der Waals surface area contributed by atoms with Gasteiger partial charge in [-0.3, -0.25) is 0 Å². The monoisotopic (exact) mass is 307 g/mol. The Morgan fingerprint density at radius 2 is 2.00 bits per heavy atom. The Morgan fingerprint density at radius 1 is 1.33 bits per heavy atom. The second-order valence-electron chi connectivity index (χ2n) is 6.26. The van der Waals surface area contributed by atoms with Gasteiger partial charge in [-0.05, 0) is 31.0 Å². The van der Waals surface area contributed by atoms with Gasteiger partial charge in [0.1, 0.15) is 5.82 Å². The molecule has 6 heteroatoms. The van der Waals surface area contributed by atoms with Crippen molar-refractivity contribution in [3.63, 3.8) is 0 Å². The van der Waals surface area contributed by atoms with Gasteiger partial charge in [0, 0.05) is 25.3 Å². The number of imidazole rings is 1. The first-order valence-corrected chi connectivity index (χ1v) is 9.12. The standard InChI is InChI=1S/C15H21N3O2S/c1-18-13-6-5-11(21(2,19)20)9-12(13)17-14(18)10-15(16)7-3-4-8-15/h5-6,9H,3-4,7-8,10,16H2,1-2H3. The normalized spacial score (nSPS) is 18.4. The molecule has 5 nitrogen and oxygen atoms in total. The van der Waals surface area contributed by atoms with Gasteiger partial charge >= 0.3 is 0 Å². The predicted molar refractivity (Wildman–Crippen MR) is 82.9 cm³/mol. The number of rotatable bonds is 3. The van der Waals surface area contributed by atoms with Crippen LogP contribution in [0.3, 0.4) is 0 Å². The summed E-state index contributed by atoms with van der Waals surface area (Å²) < 4.78 is 25.3. The molecule has 3 rings (SSSR count). The maximum atomic E-state index is 11.6. The van der Waals surface area contributed by atoms with Gasteiger partial charge in [-0.1, -0.05) is 12.8 Å². The molecule has 0 amide bonds. The predicted octanol–water partition coefficient (Wildman–Crippen LogP) is 1.79. The highest BCUT2D eigenvalue weighted by Gasteiger charge is 2.31. The number of sulfone groups is 1. The van der Waals surface area contributed by atoms with Crippen molar-refractivity contribution in [2.24, 2.45) is 12.8 Å². The molecular weight excluding hydrogens is 286 g/mol. The van der Waals surface area contributed by atoms with Crippen molar-refractivity contribution >= 4 is 20.9 Å². The van der Waals surface area contributed by atoms with E-state index < -0.39 is 9.84 Å². The van der Waals surface area contributed by atoms with Crippen LogP contribution < -0.4 is 5.73 Å². The van der Waals surface area contributed by atoms with E-state index in [-0.39, 0.29) is 5.54 Å². The van der Waals surface area contributed by atoms with Crippen molar-refractivity contribution in [1.29, 1.82) is 0 Å². The van der Waals surface area contributed by atoms with Crippen molar-refractivity contribution in [2.45, 2.75) is 42.5 Å². The fourth-order valence-corrected chi connectivity index (χ4v) is 3.83. The molecule has 0 saturated heterocycles. The van der Waals surface area contributed by atoms with Crippen LogP contribution in [0.1, 0.15) is 31.5 Å². The van der Waals surface area contributed by atoms with Gasteiger partial charge in [0.05, 0.1) is 15.9 Å². The Hall–Kier alpha value is -1.40. The quantitative estimate of drug-likeness (QED) is 0.937. The molecule has 0 unspecified atom stereocenters. The van der Waals surface area contributed by atoms with Crippen molar-refractivity contribution < 1.29 is 8.42 Å². The summed E-state index contributed by atoms with van der Waals surface area (Å²) in [7, 11) is -1.24. The Kier molecular flexibility index (Phi) is 3.33. The topological polar surface area (TPSA) is 78.0 Å². The second-order valence-corrected chi connectivity index (χ2v) is 8.27. The highest BCUT2D eigenvalue weighted by Crippen LogP contribution is 2.31. The minimum Gasteiger partial charge on any atom is -0.331 e. The Balaban J connectivity index is 2.03. The van der Waals surface area contributed by atoms with E-state index in [1.807, 2.05) is 17.7 Å². The van der Waals surface area contributed by atoms with Crippen LogP contribution in [0.2, 0.25) is 0 Å². The van der Waals surface area contributed by atoms with Crippen LogP contribution in [0.4, 0.5) is 0 Å². The molecule has 1 fully saturated rings. The summed E-state index contributed by atoms with van der Waals surface area (Å²) in [6, 6.07) is 5.10. The largest absolute Gasteiger partial charge is 0.331 e. The first-order valence-electron chi connectivity index (χ1n) is 7.23. The fraction of sp³-hybridized carbons (Fsp3) is 0.533. The van der Waals surface area contributed by atoms with E-state index in [9.17, 15) is 8.42 Å². The molecule has 114 valence electrons. The van der Waals surface area contributed by atoms with Crippen LogP contribution in [-0.2, 0) is 23.3 Å². The number of fused-ring (bicyclic) bond motifs is 1. The number of hydrogen-bond acceptors (Lipinski definition) is 4. The SMILES string of the molecule is Cn1c(CC2(N)CCCC2)nc2cc(S(C)(=O)=O)ccc21. The molecule has 1 aromatic heterocycles. The number of aryl methyl sites for hydroxylation is 1.